The van der Waals surface area contributed by atoms with Crippen LogP contribution in [-0.4, -0.2) is 64.8 Å². The van der Waals surface area contributed by atoms with Gasteiger partial charge in [0.2, 0.25) is 0 Å². The maximum absolute atomic E-state index is 13.4. The summed E-state index contributed by atoms with van der Waals surface area (Å²) in [6, 6.07) is 17.9. The number of hydrogen-bond donors (Lipinski definition) is 4. The molecule has 0 spiro atoms. The smallest absolute Gasteiger partial charge is 0.254 e. The average Bonchev–Trinajstić information content (AvgIpc) is 3.74. The van der Waals surface area contributed by atoms with E-state index in [1.54, 1.807) is 17.5 Å². The van der Waals surface area contributed by atoms with Gasteiger partial charge >= 0.3 is 0 Å². The summed E-state index contributed by atoms with van der Waals surface area (Å²) in [6.07, 6.45) is 9.83. The molecule has 1 saturated heterocycles. The number of hydrogen-bond acceptors (Lipinski definition) is 9. The Hall–Kier alpha value is -3.86. The lowest BCUT2D eigenvalue weighted by Gasteiger charge is -2.32. The highest BCUT2D eigenvalue weighted by atomic mass is 32.1. The number of likely N-dealkylation sites (tertiary alicyclic amines) is 1. The van der Waals surface area contributed by atoms with E-state index in [0.29, 0.717) is 42.9 Å². The van der Waals surface area contributed by atoms with Crippen molar-refractivity contribution < 1.29 is 9.59 Å². The Balaban J connectivity index is 0.986. The summed E-state index contributed by atoms with van der Waals surface area (Å²) < 4.78 is 1.11. The topological polar surface area (TPSA) is 125 Å². The van der Waals surface area contributed by atoms with E-state index in [0.717, 1.165) is 72.3 Å². The van der Waals surface area contributed by atoms with E-state index >= 15 is 0 Å². The number of nitrogens with zero attached hydrogens (tertiary/aromatic N) is 3. The SMILES string of the molecule is N[C@@H](Cc1ccccc1)C(=O)CN1CCC(CCNC(=O)c2cnc(Nc3ccc4ncsc4c3)cc2NC2CCCC2)CC1. The van der Waals surface area contributed by atoms with Crippen LogP contribution in [0.2, 0.25) is 0 Å². The van der Waals surface area contributed by atoms with Gasteiger partial charge in [-0.25, -0.2) is 9.97 Å². The summed E-state index contributed by atoms with van der Waals surface area (Å²) >= 11 is 1.61. The number of fused-ring (bicyclic) bond motifs is 1. The first kappa shape index (κ1) is 31.1. The van der Waals surface area contributed by atoms with Crippen molar-refractivity contribution in [1.82, 2.24) is 20.2 Å². The fourth-order valence-corrected chi connectivity index (χ4v) is 7.15. The highest BCUT2D eigenvalue weighted by Gasteiger charge is 2.24. The summed E-state index contributed by atoms with van der Waals surface area (Å²) in [6.45, 7) is 2.78. The molecule has 9 nitrogen and oxygen atoms in total. The van der Waals surface area contributed by atoms with E-state index in [1.807, 2.05) is 54.0 Å². The number of rotatable bonds is 13. The predicted molar refractivity (Wildman–Crippen MR) is 182 cm³/mol. The van der Waals surface area contributed by atoms with E-state index in [4.69, 9.17) is 5.73 Å². The fraction of sp³-hybridized carbons (Fsp3) is 0.429. The van der Waals surface area contributed by atoms with E-state index < -0.39 is 6.04 Å². The monoisotopic (exact) mass is 625 g/mol. The van der Waals surface area contributed by atoms with Crippen molar-refractivity contribution in [3.05, 3.63) is 77.4 Å². The van der Waals surface area contributed by atoms with Crippen molar-refractivity contribution in [2.24, 2.45) is 11.7 Å². The van der Waals surface area contributed by atoms with Crippen LogP contribution in [0.3, 0.4) is 0 Å². The van der Waals surface area contributed by atoms with Gasteiger partial charge in [-0.15, -0.1) is 11.3 Å². The number of nitrogens with two attached hydrogens (primary N) is 1. The van der Waals surface area contributed by atoms with Crippen LogP contribution < -0.4 is 21.7 Å². The molecule has 1 atom stereocenters. The zero-order valence-electron chi connectivity index (χ0n) is 25.7. The van der Waals surface area contributed by atoms with Gasteiger partial charge in [0.1, 0.15) is 5.82 Å². The normalized spacial score (nSPS) is 16.9. The van der Waals surface area contributed by atoms with Gasteiger partial charge in [-0.1, -0.05) is 43.2 Å². The highest BCUT2D eigenvalue weighted by Crippen LogP contribution is 2.29. The first-order valence-electron chi connectivity index (χ1n) is 16.2. The second kappa shape index (κ2) is 14.9. The molecule has 4 aromatic rings. The number of carbonyl (C=O) groups is 2. The number of nitrogens with one attached hydrogen (secondary N) is 3. The third-order valence-electron chi connectivity index (χ3n) is 9.10. The molecule has 3 heterocycles. The fourth-order valence-electron chi connectivity index (χ4n) is 6.43. The van der Waals surface area contributed by atoms with Gasteiger partial charge in [0, 0.05) is 30.5 Å². The molecule has 0 unspecified atom stereocenters. The summed E-state index contributed by atoms with van der Waals surface area (Å²) in [5.74, 6) is 1.21. The van der Waals surface area contributed by atoms with Gasteiger partial charge in [-0.2, -0.15) is 0 Å². The van der Waals surface area contributed by atoms with Crippen molar-refractivity contribution in [3.8, 4) is 0 Å². The third kappa shape index (κ3) is 8.45. The summed E-state index contributed by atoms with van der Waals surface area (Å²) in [5.41, 5.74) is 12.5. The van der Waals surface area contributed by atoms with Crippen molar-refractivity contribution in [2.45, 2.75) is 63.5 Å². The largest absolute Gasteiger partial charge is 0.382 e. The van der Waals surface area contributed by atoms with Crippen molar-refractivity contribution in [1.29, 1.82) is 0 Å². The molecular weight excluding hydrogens is 582 g/mol. The molecule has 236 valence electrons. The lowest BCUT2D eigenvalue weighted by Crippen LogP contribution is -2.44. The molecule has 5 N–H and O–H groups in total. The quantitative estimate of drug-likeness (QED) is 0.148. The zero-order chi connectivity index (χ0) is 31.0. The number of piperidine rings is 1. The Morgan fingerprint density at radius 1 is 1.00 bits per heavy atom. The molecule has 2 aromatic carbocycles. The van der Waals surface area contributed by atoms with Crippen LogP contribution in [-0.2, 0) is 11.2 Å². The first-order chi connectivity index (χ1) is 22.0. The number of anilines is 3. The summed E-state index contributed by atoms with van der Waals surface area (Å²) in [4.78, 5) is 37.3. The molecule has 1 saturated carbocycles. The Bertz CT molecular complexity index is 1580. The van der Waals surface area contributed by atoms with Gasteiger partial charge in [-0.05, 0) is 81.3 Å². The molecule has 2 fully saturated rings. The van der Waals surface area contributed by atoms with Crippen molar-refractivity contribution >= 4 is 50.4 Å². The van der Waals surface area contributed by atoms with Crippen LogP contribution in [0.4, 0.5) is 17.2 Å². The molecule has 6 rings (SSSR count). The maximum atomic E-state index is 13.4. The van der Waals surface area contributed by atoms with Gasteiger partial charge in [0.05, 0.1) is 39.6 Å². The minimum atomic E-state index is -0.471. The molecule has 1 amide bonds. The van der Waals surface area contributed by atoms with E-state index in [9.17, 15) is 9.59 Å². The Morgan fingerprint density at radius 2 is 1.80 bits per heavy atom. The van der Waals surface area contributed by atoms with Crippen LogP contribution in [0, 0.1) is 5.92 Å². The lowest BCUT2D eigenvalue weighted by molar-refractivity contribution is -0.121. The maximum Gasteiger partial charge on any atom is 0.254 e. The van der Waals surface area contributed by atoms with E-state index in [-0.39, 0.29) is 11.7 Å². The van der Waals surface area contributed by atoms with Crippen LogP contribution >= 0.6 is 11.3 Å². The highest BCUT2D eigenvalue weighted by molar-refractivity contribution is 7.16. The minimum Gasteiger partial charge on any atom is -0.382 e. The molecular formula is C35H43N7O2S. The number of carbonyl (C=O) groups excluding carboxylic acids is 2. The van der Waals surface area contributed by atoms with Gasteiger partial charge in [0.15, 0.2) is 5.78 Å². The molecule has 0 bridgehead atoms. The molecule has 1 aliphatic carbocycles. The minimum absolute atomic E-state index is 0.0993. The summed E-state index contributed by atoms with van der Waals surface area (Å²) in [5, 5.41) is 10.2. The van der Waals surface area contributed by atoms with Gasteiger partial charge in [0.25, 0.3) is 5.91 Å². The first-order valence-corrected chi connectivity index (χ1v) is 17.1. The predicted octanol–water partition coefficient (Wildman–Crippen LogP) is 5.76. The van der Waals surface area contributed by atoms with Crippen LogP contribution in [0.15, 0.2) is 66.3 Å². The second-order valence-electron chi connectivity index (χ2n) is 12.4. The Labute approximate surface area is 269 Å². The second-order valence-corrected chi connectivity index (χ2v) is 13.3. The number of pyridine rings is 1. The molecule has 2 aromatic heterocycles. The van der Waals surface area contributed by atoms with Gasteiger partial charge in [-0.3, -0.25) is 14.5 Å². The molecule has 2 aliphatic rings. The van der Waals surface area contributed by atoms with E-state index in [1.165, 1.54) is 12.8 Å². The van der Waals surface area contributed by atoms with Crippen LogP contribution in [0.25, 0.3) is 10.2 Å². The number of benzene rings is 2. The standard InChI is InChI=1S/C35H43N7O2S/c36-29(18-25-6-2-1-3-7-25)32(43)22-42-16-13-24(14-17-42)12-15-37-35(44)28-21-38-34(20-31(28)40-26-8-4-5-9-26)41-27-10-11-30-33(19-27)45-23-39-30/h1-3,6-7,10-11,19-21,23-24,26,29H,4-5,8-9,12-18,22,36H2,(H,37,44)(H2,38,40,41)/t29-/m0/s1. The number of aromatic nitrogens is 2. The van der Waals surface area contributed by atoms with Crippen molar-refractivity contribution in [3.63, 3.8) is 0 Å². The van der Waals surface area contributed by atoms with Gasteiger partial charge < -0.3 is 21.7 Å². The number of amides is 1. The van der Waals surface area contributed by atoms with E-state index in [2.05, 4.69) is 36.9 Å². The van der Waals surface area contributed by atoms with Crippen LogP contribution in [0.5, 0.6) is 0 Å². The Kier molecular flexibility index (Phi) is 10.3. The number of ketones is 1. The number of Topliss-reactive ketones (excluding diaryl/α,β-unsaturated/α-hetero) is 1. The third-order valence-corrected chi connectivity index (χ3v) is 9.90. The van der Waals surface area contributed by atoms with Crippen molar-refractivity contribution in [2.75, 3.05) is 36.8 Å². The Morgan fingerprint density at radius 3 is 2.60 bits per heavy atom. The number of thiazole rings is 1. The lowest BCUT2D eigenvalue weighted by atomic mass is 9.93. The molecule has 0 radical (unpaired) electrons. The van der Waals surface area contributed by atoms with Crippen LogP contribution in [0.1, 0.15) is 60.9 Å². The zero-order valence-corrected chi connectivity index (χ0v) is 26.5. The summed E-state index contributed by atoms with van der Waals surface area (Å²) in [7, 11) is 0. The molecule has 10 heteroatoms. The molecule has 1 aliphatic heterocycles. The molecule has 45 heavy (non-hydrogen) atoms. The average molecular weight is 626 g/mol.